The van der Waals surface area contributed by atoms with E-state index in [2.05, 4.69) is 9.71 Å². The van der Waals surface area contributed by atoms with Crippen molar-refractivity contribution in [2.45, 2.75) is 24.3 Å². The summed E-state index contributed by atoms with van der Waals surface area (Å²) in [7, 11) is -3.82. The van der Waals surface area contributed by atoms with E-state index in [9.17, 15) is 12.8 Å². The van der Waals surface area contributed by atoms with Gasteiger partial charge in [0.25, 0.3) is 0 Å². The Labute approximate surface area is 144 Å². The van der Waals surface area contributed by atoms with Gasteiger partial charge < -0.3 is 4.98 Å². The van der Waals surface area contributed by atoms with Crippen LogP contribution in [0.2, 0.25) is 5.02 Å². The zero-order valence-electron chi connectivity index (χ0n) is 12.9. The molecular formula is C17H16ClFN2O2S. The van der Waals surface area contributed by atoms with E-state index in [1.54, 1.807) is 6.92 Å². The van der Waals surface area contributed by atoms with E-state index >= 15 is 0 Å². The fourth-order valence-electron chi connectivity index (χ4n) is 2.69. The molecule has 0 saturated heterocycles. The highest BCUT2D eigenvalue weighted by molar-refractivity contribution is 7.89. The zero-order valence-corrected chi connectivity index (χ0v) is 14.5. The second kappa shape index (κ2) is 6.55. The number of H-pyrrole nitrogens is 1. The van der Waals surface area contributed by atoms with E-state index in [0.29, 0.717) is 6.42 Å². The Kier molecular flexibility index (Phi) is 4.62. The Bertz CT molecular complexity index is 985. The number of halogens is 2. The predicted molar refractivity (Wildman–Crippen MR) is 93.2 cm³/mol. The first-order valence-corrected chi connectivity index (χ1v) is 9.25. The molecule has 0 aliphatic carbocycles. The third-order valence-corrected chi connectivity index (χ3v) is 5.81. The van der Waals surface area contributed by atoms with Crippen LogP contribution in [0.25, 0.3) is 10.9 Å². The van der Waals surface area contributed by atoms with Crippen LogP contribution >= 0.6 is 11.6 Å². The first kappa shape index (κ1) is 17.0. The van der Waals surface area contributed by atoms with E-state index in [4.69, 9.17) is 11.6 Å². The van der Waals surface area contributed by atoms with Crippen LogP contribution in [-0.4, -0.2) is 19.4 Å². The number of rotatable bonds is 5. The number of sulfonamides is 1. The largest absolute Gasteiger partial charge is 0.361 e. The highest BCUT2D eigenvalue weighted by atomic mass is 35.5. The van der Waals surface area contributed by atoms with Crippen molar-refractivity contribution in [2.75, 3.05) is 0 Å². The molecule has 3 rings (SSSR count). The van der Waals surface area contributed by atoms with Gasteiger partial charge in [-0.2, -0.15) is 0 Å². The molecule has 126 valence electrons. The number of aromatic amines is 1. The van der Waals surface area contributed by atoms with E-state index in [0.717, 1.165) is 28.6 Å². The van der Waals surface area contributed by atoms with Crippen LogP contribution in [0.15, 0.2) is 53.6 Å². The lowest BCUT2D eigenvalue weighted by molar-refractivity contribution is 0.559. The van der Waals surface area contributed by atoms with Gasteiger partial charge >= 0.3 is 0 Å². The summed E-state index contributed by atoms with van der Waals surface area (Å²) in [5.74, 6) is -0.578. The van der Waals surface area contributed by atoms with E-state index < -0.39 is 15.8 Å². The number of para-hydroxylation sites is 1. The molecule has 0 fully saturated rings. The summed E-state index contributed by atoms with van der Waals surface area (Å²) in [5.41, 5.74) is 2.02. The molecule has 1 atom stereocenters. The molecule has 0 spiro atoms. The lowest BCUT2D eigenvalue weighted by Gasteiger charge is -2.15. The Morgan fingerprint density at radius 3 is 2.75 bits per heavy atom. The highest BCUT2D eigenvalue weighted by Gasteiger charge is 2.21. The summed E-state index contributed by atoms with van der Waals surface area (Å²) in [6.45, 7) is 1.77. The molecule has 7 heteroatoms. The number of aromatic nitrogens is 1. The Morgan fingerprint density at radius 1 is 1.25 bits per heavy atom. The first-order chi connectivity index (χ1) is 11.4. The van der Waals surface area contributed by atoms with Gasteiger partial charge in [-0.05, 0) is 43.2 Å². The standard InChI is InChI=1S/C17H16ClFN2O2S/c1-11(8-12-10-20-16-5-3-2-4-14(12)16)21-24(22,23)17-7-6-13(19)9-15(17)18/h2-7,9-11,20-21H,8H2,1H3. The van der Waals surface area contributed by atoms with Crippen molar-refractivity contribution in [3.63, 3.8) is 0 Å². The molecule has 3 aromatic rings. The number of hydrogen-bond donors (Lipinski definition) is 2. The third-order valence-electron chi connectivity index (χ3n) is 3.74. The molecule has 1 heterocycles. The van der Waals surface area contributed by atoms with Crippen LogP contribution < -0.4 is 4.72 Å². The zero-order chi connectivity index (χ0) is 17.3. The summed E-state index contributed by atoms with van der Waals surface area (Å²) in [4.78, 5) is 3.03. The summed E-state index contributed by atoms with van der Waals surface area (Å²) in [6, 6.07) is 10.7. The van der Waals surface area contributed by atoms with Crippen molar-refractivity contribution in [3.05, 3.63) is 65.1 Å². The minimum absolute atomic E-state index is 0.128. The lowest BCUT2D eigenvalue weighted by Crippen LogP contribution is -2.34. The van der Waals surface area contributed by atoms with E-state index in [1.165, 1.54) is 6.07 Å². The lowest BCUT2D eigenvalue weighted by atomic mass is 10.1. The summed E-state index contributed by atoms with van der Waals surface area (Å²) >= 11 is 5.85. The molecule has 0 aliphatic heterocycles. The van der Waals surface area contributed by atoms with Gasteiger partial charge in [0.1, 0.15) is 10.7 Å². The van der Waals surface area contributed by atoms with Crippen molar-refractivity contribution in [2.24, 2.45) is 0 Å². The topological polar surface area (TPSA) is 62.0 Å². The molecule has 24 heavy (non-hydrogen) atoms. The number of benzene rings is 2. The fourth-order valence-corrected chi connectivity index (χ4v) is 4.47. The second-order valence-corrected chi connectivity index (χ2v) is 7.75. The Balaban J connectivity index is 1.79. The molecule has 4 nitrogen and oxygen atoms in total. The average molecular weight is 367 g/mol. The van der Waals surface area contributed by atoms with Crippen molar-refractivity contribution >= 4 is 32.5 Å². The minimum atomic E-state index is -3.82. The van der Waals surface area contributed by atoms with Gasteiger partial charge in [-0.1, -0.05) is 29.8 Å². The van der Waals surface area contributed by atoms with Crippen LogP contribution in [-0.2, 0) is 16.4 Å². The van der Waals surface area contributed by atoms with Gasteiger partial charge in [0.2, 0.25) is 10.0 Å². The minimum Gasteiger partial charge on any atom is -0.361 e. The van der Waals surface area contributed by atoms with Gasteiger partial charge in [0.15, 0.2) is 0 Å². The van der Waals surface area contributed by atoms with Gasteiger partial charge in [-0.15, -0.1) is 0 Å². The van der Waals surface area contributed by atoms with Crippen LogP contribution in [0, 0.1) is 5.82 Å². The van der Waals surface area contributed by atoms with Crippen LogP contribution in [0.1, 0.15) is 12.5 Å². The molecule has 2 N–H and O–H groups in total. The number of nitrogens with one attached hydrogen (secondary N) is 2. The first-order valence-electron chi connectivity index (χ1n) is 7.39. The highest BCUT2D eigenvalue weighted by Crippen LogP contribution is 2.23. The molecule has 0 saturated carbocycles. The molecule has 2 aromatic carbocycles. The molecule has 0 amide bonds. The Hall–Kier alpha value is -1.89. The van der Waals surface area contributed by atoms with Gasteiger partial charge in [0, 0.05) is 23.1 Å². The maximum atomic E-state index is 13.1. The Morgan fingerprint density at radius 2 is 2.00 bits per heavy atom. The molecular weight excluding hydrogens is 351 g/mol. The van der Waals surface area contributed by atoms with Crippen molar-refractivity contribution < 1.29 is 12.8 Å². The normalized spacial score (nSPS) is 13.3. The molecule has 1 aromatic heterocycles. The van der Waals surface area contributed by atoms with Crippen LogP contribution in [0.5, 0.6) is 0 Å². The number of fused-ring (bicyclic) bond motifs is 1. The van der Waals surface area contributed by atoms with Gasteiger partial charge in [0.05, 0.1) is 5.02 Å². The van der Waals surface area contributed by atoms with Gasteiger partial charge in [-0.3, -0.25) is 0 Å². The molecule has 1 unspecified atom stereocenters. The van der Waals surface area contributed by atoms with Crippen molar-refractivity contribution in [1.29, 1.82) is 0 Å². The van der Waals surface area contributed by atoms with E-state index in [1.807, 2.05) is 30.5 Å². The quantitative estimate of drug-likeness (QED) is 0.720. The van der Waals surface area contributed by atoms with Crippen LogP contribution in [0.3, 0.4) is 0 Å². The monoisotopic (exact) mass is 366 g/mol. The second-order valence-electron chi connectivity index (χ2n) is 5.66. The SMILES string of the molecule is CC(Cc1c[nH]c2ccccc12)NS(=O)(=O)c1ccc(F)cc1Cl. The van der Waals surface area contributed by atoms with Gasteiger partial charge in [-0.25, -0.2) is 17.5 Å². The fraction of sp³-hybridized carbons (Fsp3) is 0.176. The predicted octanol–water partition coefficient (Wildman–Crippen LogP) is 3.87. The third kappa shape index (κ3) is 3.45. The maximum absolute atomic E-state index is 13.1. The summed E-state index contributed by atoms with van der Waals surface area (Å²) < 4.78 is 40.6. The van der Waals surface area contributed by atoms with E-state index in [-0.39, 0.29) is 16.0 Å². The maximum Gasteiger partial charge on any atom is 0.242 e. The number of hydrogen-bond acceptors (Lipinski definition) is 2. The average Bonchev–Trinajstić information content (AvgIpc) is 2.89. The smallest absolute Gasteiger partial charge is 0.242 e. The van der Waals surface area contributed by atoms with Crippen molar-refractivity contribution in [3.8, 4) is 0 Å². The molecule has 0 radical (unpaired) electrons. The van der Waals surface area contributed by atoms with Crippen LogP contribution in [0.4, 0.5) is 4.39 Å². The van der Waals surface area contributed by atoms with Crippen molar-refractivity contribution in [1.82, 2.24) is 9.71 Å². The summed E-state index contributed by atoms with van der Waals surface area (Å²) in [6.07, 6.45) is 2.39. The summed E-state index contributed by atoms with van der Waals surface area (Å²) in [5, 5.41) is 0.921. The molecule has 0 bridgehead atoms. The molecule has 0 aliphatic rings.